The highest BCUT2D eigenvalue weighted by Gasteiger charge is 2.51. The summed E-state index contributed by atoms with van der Waals surface area (Å²) in [6.45, 7) is 1.62. The molecule has 1 aliphatic rings. The van der Waals surface area contributed by atoms with Gasteiger partial charge in [-0.2, -0.15) is 0 Å². The molecule has 6 N–H and O–H groups in total. The zero-order valence-electron chi connectivity index (χ0n) is 11.8. The molecule has 0 aliphatic carbocycles. The Morgan fingerprint density at radius 3 is 2.36 bits per heavy atom. The second-order valence-electron chi connectivity index (χ2n) is 5.36. The summed E-state index contributed by atoms with van der Waals surface area (Å²) < 4.78 is 5.31. The third-order valence-corrected chi connectivity index (χ3v) is 3.50. The van der Waals surface area contributed by atoms with Crippen LogP contribution in [0.1, 0.15) is 27.7 Å². The summed E-state index contributed by atoms with van der Waals surface area (Å²) in [5, 5.41) is 49.9. The fourth-order valence-corrected chi connectivity index (χ4v) is 2.33. The van der Waals surface area contributed by atoms with Crippen LogP contribution in [0.2, 0.25) is 0 Å². The molecular formula is C13H25NO8. The van der Waals surface area contributed by atoms with Crippen molar-refractivity contribution in [1.29, 1.82) is 0 Å². The van der Waals surface area contributed by atoms with Gasteiger partial charge in [0.05, 0.1) is 18.8 Å². The van der Waals surface area contributed by atoms with E-state index in [9.17, 15) is 24.9 Å². The summed E-state index contributed by atoms with van der Waals surface area (Å²) >= 11 is 0. The Morgan fingerprint density at radius 1 is 1.41 bits per heavy atom. The maximum Gasteiger partial charge on any atom is 0.335 e. The molecule has 0 aromatic carbocycles. The number of aliphatic hydroxyl groups is 4. The first-order valence-corrected chi connectivity index (χ1v) is 6.45. The van der Waals surface area contributed by atoms with Gasteiger partial charge in [0, 0.05) is 13.3 Å². The number of aliphatic hydroxyl groups excluding tert-OH is 4. The van der Waals surface area contributed by atoms with Crippen molar-refractivity contribution in [2.75, 3.05) is 6.61 Å². The lowest BCUT2D eigenvalue weighted by atomic mass is 9.84. The first-order valence-electron chi connectivity index (χ1n) is 6.45. The van der Waals surface area contributed by atoms with Crippen LogP contribution in [0, 0.1) is 0 Å². The van der Waals surface area contributed by atoms with Crippen LogP contribution in [0.4, 0.5) is 0 Å². The molecule has 9 nitrogen and oxygen atoms in total. The predicted molar refractivity (Wildman–Crippen MR) is 75.0 cm³/mol. The number of amides is 1. The SMILES string of the molecule is C.CC(=O)NC1C(O)CC(C)(C(=O)O)OC1C(O)C(O)CO. The molecule has 1 amide bonds. The van der Waals surface area contributed by atoms with E-state index in [1.54, 1.807) is 0 Å². The number of carbonyl (C=O) groups excluding carboxylic acids is 1. The first kappa shape index (κ1) is 20.7. The van der Waals surface area contributed by atoms with E-state index in [2.05, 4.69) is 5.32 Å². The summed E-state index contributed by atoms with van der Waals surface area (Å²) in [6.07, 6.45) is -6.27. The summed E-state index contributed by atoms with van der Waals surface area (Å²) in [4.78, 5) is 22.4. The van der Waals surface area contributed by atoms with Crippen molar-refractivity contribution >= 4 is 11.9 Å². The van der Waals surface area contributed by atoms with E-state index in [1.165, 1.54) is 13.8 Å². The number of nitrogens with one attached hydrogen (secondary N) is 1. The third-order valence-electron chi connectivity index (χ3n) is 3.50. The highest BCUT2D eigenvalue weighted by Crippen LogP contribution is 2.31. The summed E-state index contributed by atoms with van der Waals surface area (Å²) in [6, 6.07) is -1.11. The van der Waals surface area contributed by atoms with Crippen LogP contribution >= 0.6 is 0 Å². The van der Waals surface area contributed by atoms with E-state index in [4.69, 9.17) is 14.9 Å². The van der Waals surface area contributed by atoms with Gasteiger partial charge in [-0.25, -0.2) is 4.79 Å². The lowest BCUT2D eigenvalue weighted by Gasteiger charge is -2.45. The molecule has 0 aromatic rings. The predicted octanol–water partition coefficient (Wildman–Crippen LogP) is -2.17. The van der Waals surface area contributed by atoms with Gasteiger partial charge in [-0.05, 0) is 6.92 Å². The van der Waals surface area contributed by atoms with E-state index >= 15 is 0 Å². The van der Waals surface area contributed by atoms with Crippen LogP contribution in [0.3, 0.4) is 0 Å². The van der Waals surface area contributed by atoms with Gasteiger partial charge in [-0.15, -0.1) is 0 Å². The number of rotatable bonds is 5. The smallest absolute Gasteiger partial charge is 0.335 e. The standard InChI is InChI=1S/C12H21NO8.CH4/c1-5(15)13-8-6(16)3-12(2,11(19)20)21-10(8)9(18)7(17)4-14;/h6-10,14,16-18H,3-4H2,1-2H3,(H,13,15)(H,19,20);1H4. The van der Waals surface area contributed by atoms with E-state index in [-0.39, 0.29) is 13.8 Å². The number of hydrogen-bond acceptors (Lipinski definition) is 7. The van der Waals surface area contributed by atoms with Gasteiger partial charge < -0.3 is 35.6 Å². The van der Waals surface area contributed by atoms with Gasteiger partial charge in [0.1, 0.15) is 18.3 Å². The summed E-state index contributed by atoms with van der Waals surface area (Å²) in [5.41, 5.74) is -1.78. The maximum absolute atomic E-state index is 11.2. The molecule has 1 heterocycles. The van der Waals surface area contributed by atoms with Gasteiger partial charge in [0.15, 0.2) is 5.60 Å². The monoisotopic (exact) mass is 323 g/mol. The molecule has 1 saturated heterocycles. The molecule has 22 heavy (non-hydrogen) atoms. The minimum Gasteiger partial charge on any atom is -0.479 e. The highest BCUT2D eigenvalue weighted by molar-refractivity contribution is 5.77. The van der Waals surface area contributed by atoms with Crippen LogP contribution in [0.5, 0.6) is 0 Å². The van der Waals surface area contributed by atoms with Gasteiger partial charge in [-0.1, -0.05) is 7.43 Å². The van der Waals surface area contributed by atoms with Crippen molar-refractivity contribution < 1.29 is 39.9 Å². The maximum atomic E-state index is 11.2. The molecule has 9 heteroatoms. The zero-order valence-corrected chi connectivity index (χ0v) is 11.8. The highest BCUT2D eigenvalue weighted by atomic mass is 16.6. The Balaban J connectivity index is 0.00000441. The van der Waals surface area contributed by atoms with Crippen molar-refractivity contribution in [3.63, 3.8) is 0 Å². The number of carbonyl (C=O) groups is 2. The fraction of sp³-hybridized carbons (Fsp3) is 0.846. The van der Waals surface area contributed by atoms with Crippen molar-refractivity contribution in [2.24, 2.45) is 0 Å². The molecule has 1 aliphatic heterocycles. The number of ether oxygens (including phenoxy) is 1. The van der Waals surface area contributed by atoms with Crippen molar-refractivity contribution in [2.45, 2.75) is 63.8 Å². The molecule has 6 unspecified atom stereocenters. The first-order chi connectivity index (χ1) is 9.62. The second-order valence-corrected chi connectivity index (χ2v) is 5.36. The molecule has 1 fully saturated rings. The minimum absolute atomic E-state index is 0. The van der Waals surface area contributed by atoms with Gasteiger partial charge in [0.25, 0.3) is 0 Å². The zero-order chi connectivity index (χ0) is 16.4. The Kier molecular flexibility index (Phi) is 7.39. The molecule has 6 atom stereocenters. The van der Waals surface area contributed by atoms with E-state index < -0.39 is 54.5 Å². The Labute approximate surface area is 128 Å². The number of hydrogen-bond donors (Lipinski definition) is 6. The van der Waals surface area contributed by atoms with Gasteiger partial charge in [-0.3, -0.25) is 4.79 Å². The molecule has 0 saturated carbocycles. The summed E-state index contributed by atoms with van der Waals surface area (Å²) in [7, 11) is 0. The molecule has 0 bridgehead atoms. The van der Waals surface area contributed by atoms with Crippen molar-refractivity contribution in [3.05, 3.63) is 0 Å². The van der Waals surface area contributed by atoms with Crippen LogP contribution in [-0.2, 0) is 14.3 Å². The van der Waals surface area contributed by atoms with E-state index in [1.807, 2.05) is 0 Å². The lowest BCUT2D eigenvalue weighted by Crippen LogP contribution is -2.66. The van der Waals surface area contributed by atoms with E-state index in [0.29, 0.717) is 0 Å². The summed E-state index contributed by atoms with van der Waals surface area (Å²) in [5.74, 6) is -1.87. The quantitative estimate of drug-likeness (QED) is 0.334. The largest absolute Gasteiger partial charge is 0.479 e. The van der Waals surface area contributed by atoms with Crippen LogP contribution < -0.4 is 5.32 Å². The Bertz CT molecular complexity index is 404. The number of carboxylic acid groups (broad SMARTS) is 1. The van der Waals surface area contributed by atoms with E-state index in [0.717, 1.165) is 0 Å². The van der Waals surface area contributed by atoms with Crippen LogP contribution in [0.25, 0.3) is 0 Å². The average Bonchev–Trinajstić information content (AvgIpc) is 2.39. The minimum atomic E-state index is -1.78. The second kappa shape index (κ2) is 7.84. The molecular weight excluding hydrogens is 298 g/mol. The van der Waals surface area contributed by atoms with Crippen molar-refractivity contribution in [3.8, 4) is 0 Å². The third kappa shape index (κ3) is 4.37. The average molecular weight is 323 g/mol. The fourth-order valence-electron chi connectivity index (χ4n) is 2.33. The van der Waals surface area contributed by atoms with Crippen LogP contribution in [0.15, 0.2) is 0 Å². The Morgan fingerprint density at radius 2 is 1.95 bits per heavy atom. The molecule has 130 valence electrons. The normalized spacial score (nSPS) is 34.2. The lowest BCUT2D eigenvalue weighted by molar-refractivity contribution is -0.224. The van der Waals surface area contributed by atoms with Crippen molar-refractivity contribution in [1.82, 2.24) is 5.32 Å². The van der Waals surface area contributed by atoms with Crippen LogP contribution in [-0.4, -0.2) is 80.1 Å². The molecule has 0 aromatic heterocycles. The topological polar surface area (TPSA) is 157 Å². The molecule has 0 spiro atoms. The van der Waals surface area contributed by atoms with Gasteiger partial charge in [0.2, 0.25) is 5.91 Å². The Hall–Kier alpha value is -1.26. The molecule has 1 rings (SSSR count). The van der Waals surface area contributed by atoms with Gasteiger partial charge >= 0.3 is 5.97 Å². The number of carboxylic acids is 1. The number of aliphatic carboxylic acids is 1. The molecule has 0 radical (unpaired) electrons.